The van der Waals surface area contributed by atoms with E-state index in [9.17, 15) is 0 Å². The van der Waals surface area contributed by atoms with E-state index in [0.29, 0.717) is 17.2 Å². The third-order valence-corrected chi connectivity index (χ3v) is 2.95. The van der Waals surface area contributed by atoms with Crippen molar-refractivity contribution in [1.82, 2.24) is 4.98 Å². The Morgan fingerprint density at radius 2 is 2.06 bits per heavy atom. The number of aryl methyl sites for hydroxylation is 1. The molecule has 2 rings (SSSR count). The Labute approximate surface area is 113 Å². The zero-order chi connectivity index (χ0) is 13.1. The molecule has 2 aromatic rings. The molecule has 0 atom stereocenters. The van der Waals surface area contributed by atoms with Crippen molar-refractivity contribution in [2.45, 2.75) is 6.92 Å². The Hall–Kier alpha value is -1.88. The highest BCUT2D eigenvalue weighted by Gasteiger charge is 2.06. The van der Waals surface area contributed by atoms with Gasteiger partial charge in [-0.05, 0) is 41.1 Å². The summed E-state index contributed by atoms with van der Waals surface area (Å²) in [4.78, 5) is 4.26. The van der Waals surface area contributed by atoms with Gasteiger partial charge >= 0.3 is 0 Å². The molecule has 5 heteroatoms. The molecule has 0 amide bonds. The van der Waals surface area contributed by atoms with Gasteiger partial charge in [-0.3, -0.25) is 5.41 Å². The van der Waals surface area contributed by atoms with Gasteiger partial charge in [0.2, 0.25) is 5.88 Å². The Kier molecular flexibility index (Phi) is 3.62. The molecular formula is C13H12BrN3O. The molecule has 0 saturated heterocycles. The van der Waals surface area contributed by atoms with Crippen LogP contribution in [-0.4, -0.2) is 10.8 Å². The average Bonchev–Trinajstić information content (AvgIpc) is 2.31. The maximum atomic E-state index is 7.44. The van der Waals surface area contributed by atoms with Crippen LogP contribution in [0.25, 0.3) is 0 Å². The van der Waals surface area contributed by atoms with Gasteiger partial charge in [-0.15, -0.1) is 0 Å². The first-order valence-corrected chi connectivity index (χ1v) is 6.11. The quantitative estimate of drug-likeness (QED) is 0.675. The minimum absolute atomic E-state index is 0.00234. The Morgan fingerprint density at radius 3 is 2.72 bits per heavy atom. The van der Waals surface area contributed by atoms with E-state index >= 15 is 0 Å². The molecule has 0 fully saturated rings. The first kappa shape index (κ1) is 12.6. The number of hydrogen-bond donors (Lipinski definition) is 2. The van der Waals surface area contributed by atoms with E-state index in [1.54, 1.807) is 12.1 Å². The fraction of sp³-hybridized carbons (Fsp3) is 0.0769. The van der Waals surface area contributed by atoms with E-state index in [0.717, 1.165) is 10.2 Å². The predicted molar refractivity (Wildman–Crippen MR) is 74.2 cm³/mol. The summed E-state index contributed by atoms with van der Waals surface area (Å²) >= 11 is 3.40. The molecule has 1 aromatic carbocycles. The van der Waals surface area contributed by atoms with Crippen molar-refractivity contribution in [3.8, 4) is 11.6 Å². The normalized spacial score (nSPS) is 10.1. The molecule has 3 N–H and O–H groups in total. The molecule has 18 heavy (non-hydrogen) atoms. The van der Waals surface area contributed by atoms with Gasteiger partial charge in [-0.1, -0.05) is 12.1 Å². The van der Waals surface area contributed by atoms with Crippen LogP contribution in [0.5, 0.6) is 11.6 Å². The van der Waals surface area contributed by atoms with Gasteiger partial charge in [0.1, 0.15) is 11.6 Å². The molecule has 1 heterocycles. The first-order valence-electron chi connectivity index (χ1n) is 5.32. The molecule has 0 spiro atoms. The number of aromatic nitrogens is 1. The van der Waals surface area contributed by atoms with Gasteiger partial charge in [0.25, 0.3) is 0 Å². The largest absolute Gasteiger partial charge is 0.438 e. The molecule has 0 saturated carbocycles. The van der Waals surface area contributed by atoms with Crippen LogP contribution in [0.2, 0.25) is 0 Å². The number of nitrogens with two attached hydrogens (primary N) is 1. The highest BCUT2D eigenvalue weighted by Crippen LogP contribution is 2.28. The highest BCUT2D eigenvalue weighted by molar-refractivity contribution is 9.10. The number of amidine groups is 1. The monoisotopic (exact) mass is 305 g/mol. The number of hydrogen-bond acceptors (Lipinski definition) is 3. The fourth-order valence-electron chi connectivity index (χ4n) is 1.49. The minimum Gasteiger partial charge on any atom is -0.438 e. The van der Waals surface area contributed by atoms with E-state index < -0.39 is 0 Å². The number of para-hydroxylation sites is 1. The first-order chi connectivity index (χ1) is 8.56. The van der Waals surface area contributed by atoms with Gasteiger partial charge in [0.05, 0.1) is 4.47 Å². The second-order valence-corrected chi connectivity index (χ2v) is 4.64. The number of halogens is 1. The number of nitrogens with one attached hydrogen (secondary N) is 1. The molecular weight excluding hydrogens is 294 g/mol. The summed E-state index contributed by atoms with van der Waals surface area (Å²) in [6, 6.07) is 10.9. The zero-order valence-electron chi connectivity index (χ0n) is 9.77. The third-order valence-electron chi connectivity index (χ3n) is 2.29. The van der Waals surface area contributed by atoms with Crippen LogP contribution in [0.15, 0.2) is 40.9 Å². The van der Waals surface area contributed by atoms with Gasteiger partial charge in [0, 0.05) is 17.3 Å². The Morgan fingerprint density at radius 1 is 1.33 bits per heavy atom. The van der Waals surface area contributed by atoms with Gasteiger partial charge in [-0.25, -0.2) is 4.98 Å². The second-order valence-electron chi connectivity index (χ2n) is 3.78. The van der Waals surface area contributed by atoms with Crippen LogP contribution < -0.4 is 10.5 Å². The lowest BCUT2D eigenvalue weighted by molar-refractivity contribution is 0.459. The predicted octanol–water partition coefficient (Wildman–Crippen LogP) is 3.23. The summed E-state index contributed by atoms with van der Waals surface area (Å²) in [7, 11) is 0. The van der Waals surface area contributed by atoms with Gasteiger partial charge in [-0.2, -0.15) is 0 Å². The molecule has 0 bridgehead atoms. The lowest BCUT2D eigenvalue weighted by atomic mass is 10.2. The summed E-state index contributed by atoms with van der Waals surface area (Å²) < 4.78 is 6.52. The fourth-order valence-corrected chi connectivity index (χ4v) is 1.85. The van der Waals surface area contributed by atoms with Crippen molar-refractivity contribution in [3.63, 3.8) is 0 Å². The van der Waals surface area contributed by atoms with Crippen molar-refractivity contribution in [3.05, 3.63) is 52.1 Å². The van der Waals surface area contributed by atoms with Crippen molar-refractivity contribution in [1.29, 1.82) is 5.41 Å². The van der Waals surface area contributed by atoms with Crippen LogP contribution in [0, 0.1) is 12.3 Å². The number of benzene rings is 1. The summed E-state index contributed by atoms with van der Waals surface area (Å²) in [5.41, 5.74) is 6.82. The molecule has 92 valence electrons. The van der Waals surface area contributed by atoms with E-state index in [4.69, 9.17) is 15.9 Å². The number of pyridine rings is 1. The SMILES string of the molecule is Cc1cc(C(=N)N)cc(Oc2ccccc2Br)n1. The molecule has 0 aliphatic heterocycles. The lowest BCUT2D eigenvalue weighted by Gasteiger charge is -2.08. The second kappa shape index (κ2) is 5.18. The summed E-state index contributed by atoms with van der Waals surface area (Å²) in [6.07, 6.45) is 0. The van der Waals surface area contributed by atoms with Crippen molar-refractivity contribution in [2.75, 3.05) is 0 Å². The lowest BCUT2D eigenvalue weighted by Crippen LogP contribution is -2.11. The van der Waals surface area contributed by atoms with Crippen molar-refractivity contribution in [2.24, 2.45) is 5.73 Å². The standard InChI is InChI=1S/C13H12BrN3O/c1-8-6-9(13(15)16)7-12(17-8)18-11-5-3-2-4-10(11)14/h2-7H,1H3,(H3,15,16). The minimum atomic E-state index is -0.00234. The molecule has 0 aliphatic rings. The van der Waals surface area contributed by atoms with Crippen molar-refractivity contribution >= 4 is 21.8 Å². The number of ether oxygens (including phenoxy) is 1. The third kappa shape index (κ3) is 2.87. The molecule has 0 unspecified atom stereocenters. The van der Waals surface area contributed by atoms with E-state index in [1.165, 1.54) is 0 Å². The maximum Gasteiger partial charge on any atom is 0.220 e. The Bertz CT molecular complexity index is 599. The topological polar surface area (TPSA) is 72.0 Å². The van der Waals surface area contributed by atoms with E-state index in [2.05, 4.69) is 20.9 Å². The molecule has 1 aromatic heterocycles. The highest BCUT2D eigenvalue weighted by atomic mass is 79.9. The van der Waals surface area contributed by atoms with Gasteiger partial charge in [0.15, 0.2) is 0 Å². The zero-order valence-corrected chi connectivity index (χ0v) is 11.4. The summed E-state index contributed by atoms with van der Waals surface area (Å²) in [6.45, 7) is 1.83. The number of nitrogen functional groups attached to an aromatic ring is 1. The molecule has 4 nitrogen and oxygen atoms in total. The average molecular weight is 306 g/mol. The number of rotatable bonds is 3. The summed E-state index contributed by atoms with van der Waals surface area (Å²) in [5.74, 6) is 1.09. The van der Waals surface area contributed by atoms with E-state index in [1.807, 2.05) is 31.2 Å². The van der Waals surface area contributed by atoms with Crippen LogP contribution in [0.3, 0.4) is 0 Å². The number of nitrogens with zero attached hydrogens (tertiary/aromatic N) is 1. The van der Waals surface area contributed by atoms with Crippen molar-refractivity contribution < 1.29 is 4.74 Å². The molecule has 0 radical (unpaired) electrons. The maximum absolute atomic E-state index is 7.44. The Balaban J connectivity index is 2.35. The van der Waals surface area contributed by atoms with Crippen LogP contribution >= 0.6 is 15.9 Å². The molecule has 0 aliphatic carbocycles. The van der Waals surface area contributed by atoms with Crippen LogP contribution in [-0.2, 0) is 0 Å². The van der Waals surface area contributed by atoms with Crippen LogP contribution in [0.1, 0.15) is 11.3 Å². The summed E-state index contributed by atoms with van der Waals surface area (Å²) in [5, 5.41) is 7.44. The van der Waals surface area contributed by atoms with E-state index in [-0.39, 0.29) is 5.84 Å². The smallest absolute Gasteiger partial charge is 0.220 e. The van der Waals surface area contributed by atoms with Gasteiger partial charge < -0.3 is 10.5 Å². The van der Waals surface area contributed by atoms with Crippen LogP contribution in [0.4, 0.5) is 0 Å².